The van der Waals surface area contributed by atoms with Gasteiger partial charge in [-0.1, -0.05) is 12.1 Å². The molecule has 0 spiro atoms. The topological polar surface area (TPSA) is 38.5 Å². The molecule has 1 aromatic carbocycles. The maximum atomic E-state index is 12.6. The second-order valence-electron chi connectivity index (χ2n) is 5.38. The van der Waals surface area contributed by atoms with Crippen LogP contribution in [0, 0.1) is 0 Å². The molecule has 0 amide bonds. The van der Waals surface area contributed by atoms with Crippen LogP contribution in [0.4, 0.5) is 13.2 Å². The number of hydrogen-bond donors (Lipinski definition) is 1. The van der Waals surface area contributed by atoms with Gasteiger partial charge in [-0.25, -0.2) is 0 Å². The molecule has 1 fully saturated rings. The Kier molecular flexibility index (Phi) is 5.24. The van der Waals surface area contributed by atoms with Gasteiger partial charge in [0.15, 0.2) is 0 Å². The number of likely N-dealkylation sites (N-methyl/N-ethyl adjacent to an activating group) is 1. The molecule has 1 atom stereocenters. The first-order valence-electron chi connectivity index (χ1n) is 7.10. The van der Waals surface area contributed by atoms with Crippen LogP contribution in [0.2, 0.25) is 0 Å². The minimum atomic E-state index is -4.30. The van der Waals surface area contributed by atoms with Crippen LogP contribution >= 0.6 is 0 Å². The average molecular weight is 302 g/mol. The summed E-state index contributed by atoms with van der Waals surface area (Å²) in [7, 11) is 1.98. The fourth-order valence-electron chi connectivity index (χ4n) is 2.78. The van der Waals surface area contributed by atoms with E-state index < -0.39 is 11.7 Å². The SMILES string of the molecule is CN(C1CCOCC1)C(CN)c1ccc(C(F)(F)F)cc1. The Morgan fingerprint density at radius 3 is 2.29 bits per heavy atom. The summed E-state index contributed by atoms with van der Waals surface area (Å²) in [6.45, 7) is 1.82. The van der Waals surface area contributed by atoms with Gasteiger partial charge >= 0.3 is 6.18 Å². The zero-order valence-electron chi connectivity index (χ0n) is 12.1. The Balaban J connectivity index is 2.12. The predicted molar refractivity (Wildman–Crippen MR) is 74.8 cm³/mol. The van der Waals surface area contributed by atoms with E-state index >= 15 is 0 Å². The summed E-state index contributed by atoms with van der Waals surface area (Å²) >= 11 is 0. The van der Waals surface area contributed by atoms with Crippen molar-refractivity contribution in [3.8, 4) is 0 Å². The third-order valence-corrected chi connectivity index (χ3v) is 4.10. The number of alkyl halides is 3. The second kappa shape index (κ2) is 6.77. The molecular weight excluding hydrogens is 281 g/mol. The molecule has 1 aromatic rings. The molecule has 118 valence electrons. The first-order valence-corrected chi connectivity index (χ1v) is 7.10. The molecule has 0 radical (unpaired) electrons. The van der Waals surface area contributed by atoms with E-state index in [1.54, 1.807) is 0 Å². The van der Waals surface area contributed by atoms with Gasteiger partial charge in [0.05, 0.1) is 5.56 Å². The summed E-state index contributed by atoms with van der Waals surface area (Å²) in [5.74, 6) is 0. The first-order chi connectivity index (χ1) is 9.93. The molecule has 3 nitrogen and oxygen atoms in total. The van der Waals surface area contributed by atoms with Gasteiger partial charge < -0.3 is 10.5 Å². The van der Waals surface area contributed by atoms with Crippen LogP contribution in [0.25, 0.3) is 0 Å². The highest BCUT2D eigenvalue weighted by Crippen LogP contribution is 2.31. The van der Waals surface area contributed by atoms with Crippen LogP contribution in [0.15, 0.2) is 24.3 Å². The Bertz CT molecular complexity index is 441. The lowest BCUT2D eigenvalue weighted by molar-refractivity contribution is -0.137. The summed E-state index contributed by atoms with van der Waals surface area (Å²) in [5, 5.41) is 0. The van der Waals surface area contributed by atoms with Crippen molar-refractivity contribution in [2.75, 3.05) is 26.8 Å². The first kappa shape index (κ1) is 16.3. The van der Waals surface area contributed by atoms with Gasteiger partial charge in [0.1, 0.15) is 0 Å². The second-order valence-corrected chi connectivity index (χ2v) is 5.38. The summed E-state index contributed by atoms with van der Waals surface area (Å²) in [4.78, 5) is 2.16. The number of nitrogens with zero attached hydrogens (tertiary/aromatic N) is 1. The lowest BCUT2D eigenvalue weighted by Gasteiger charge is -2.37. The summed E-state index contributed by atoms with van der Waals surface area (Å²) < 4.78 is 43.1. The highest BCUT2D eigenvalue weighted by molar-refractivity contribution is 5.27. The summed E-state index contributed by atoms with van der Waals surface area (Å²) in [5.41, 5.74) is 6.03. The van der Waals surface area contributed by atoms with E-state index in [0.29, 0.717) is 12.6 Å². The lowest BCUT2D eigenvalue weighted by atomic mass is 9.99. The van der Waals surface area contributed by atoms with Gasteiger partial charge in [-0.2, -0.15) is 13.2 Å². The summed E-state index contributed by atoms with van der Waals surface area (Å²) in [6.07, 6.45) is -2.45. The van der Waals surface area contributed by atoms with Crippen molar-refractivity contribution in [2.24, 2.45) is 5.73 Å². The molecule has 0 bridgehead atoms. The zero-order valence-corrected chi connectivity index (χ0v) is 12.1. The van der Waals surface area contributed by atoms with Gasteiger partial charge in [-0.15, -0.1) is 0 Å². The molecule has 0 aromatic heterocycles. The summed E-state index contributed by atoms with van der Waals surface area (Å²) in [6, 6.07) is 5.57. The average Bonchev–Trinajstić information content (AvgIpc) is 2.48. The fourth-order valence-corrected chi connectivity index (χ4v) is 2.78. The Morgan fingerprint density at radius 1 is 1.24 bits per heavy atom. The van der Waals surface area contributed by atoms with Crippen molar-refractivity contribution in [1.82, 2.24) is 4.90 Å². The van der Waals surface area contributed by atoms with Crippen LogP contribution in [0.3, 0.4) is 0 Å². The highest BCUT2D eigenvalue weighted by Gasteiger charge is 2.31. The van der Waals surface area contributed by atoms with E-state index in [1.165, 1.54) is 12.1 Å². The Hall–Kier alpha value is -1.11. The van der Waals surface area contributed by atoms with Crippen molar-refractivity contribution < 1.29 is 17.9 Å². The molecule has 0 aliphatic carbocycles. The van der Waals surface area contributed by atoms with Gasteiger partial charge in [0.25, 0.3) is 0 Å². The maximum Gasteiger partial charge on any atom is 0.416 e. The number of hydrogen-bond acceptors (Lipinski definition) is 3. The van der Waals surface area contributed by atoms with Crippen LogP contribution in [0.5, 0.6) is 0 Å². The minimum absolute atomic E-state index is 0.0737. The van der Waals surface area contributed by atoms with Gasteiger partial charge in [-0.05, 0) is 37.6 Å². The number of rotatable bonds is 4. The maximum absolute atomic E-state index is 12.6. The van der Waals surface area contributed by atoms with Crippen molar-refractivity contribution in [2.45, 2.75) is 31.1 Å². The minimum Gasteiger partial charge on any atom is -0.381 e. The lowest BCUT2D eigenvalue weighted by Crippen LogP contribution is -2.41. The van der Waals surface area contributed by atoms with Crippen molar-refractivity contribution in [1.29, 1.82) is 0 Å². The Labute approximate surface area is 122 Å². The number of nitrogens with two attached hydrogens (primary N) is 1. The van der Waals surface area contributed by atoms with Gasteiger partial charge in [0, 0.05) is 31.8 Å². The number of ether oxygens (including phenoxy) is 1. The third-order valence-electron chi connectivity index (χ3n) is 4.10. The normalized spacial score (nSPS) is 19.0. The predicted octanol–water partition coefficient (Wildman–Crippen LogP) is 2.82. The van der Waals surface area contributed by atoms with Crippen LogP contribution in [-0.4, -0.2) is 37.7 Å². The monoisotopic (exact) mass is 302 g/mol. The van der Waals surface area contributed by atoms with Crippen LogP contribution in [0.1, 0.15) is 30.0 Å². The largest absolute Gasteiger partial charge is 0.416 e. The molecule has 1 saturated heterocycles. The molecule has 1 aliphatic heterocycles. The van der Waals surface area contributed by atoms with E-state index in [2.05, 4.69) is 4.90 Å². The van der Waals surface area contributed by atoms with Crippen molar-refractivity contribution in [3.05, 3.63) is 35.4 Å². The quantitative estimate of drug-likeness (QED) is 0.929. The molecule has 21 heavy (non-hydrogen) atoms. The molecule has 1 aliphatic rings. The van der Waals surface area contributed by atoms with E-state index in [4.69, 9.17) is 10.5 Å². The third kappa shape index (κ3) is 3.96. The van der Waals surface area contributed by atoms with Gasteiger partial charge in [0.2, 0.25) is 0 Å². The molecule has 1 unspecified atom stereocenters. The molecule has 2 rings (SSSR count). The highest BCUT2D eigenvalue weighted by atomic mass is 19.4. The van der Waals surface area contributed by atoms with E-state index in [1.807, 2.05) is 7.05 Å². The molecule has 1 heterocycles. The van der Waals surface area contributed by atoms with Crippen molar-refractivity contribution >= 4 is 0 Å². The standard InChI is InChI=1S/C15H21F3N2O/c1-20(13-6-8-21-9-7-13)14(10-19)11-2-4-12(5-3-11)15(16,17)18/h2-5,13-14H,6-10,19H2,1H3. The molecule has 0 saturated carbocycles. The van der Waals surface area contributed by atoms with Gasteiger partial charge in [-0.3, -0.25) is 4.90 Å². The van der Waals surface area contributed by atoms with Crippen LogP contribution < -0.4 is 5.73 Å². The molecule has 2 N–H and O–H groups in total. The fraction of sp³-hybridized carbons (Fsp3) is 0.600. The number of benzene rings is 1. The van der Waals surface area contributed by atoms with E-state index in [-0.39, 0.29) is 6.04 Å². The van der Waals surface area contributed by atoms with E-state index in [0.717, 1.165) is 43.8 Å². The zero-order chi connectivity index (χ0) is 15.5. The molecular formula is C15H21F3N2O. The number of halogens is 3. The molecule has 6 heteroatoms. The smallest absolute Gasteiger partial charge is 0.381 e. The van der Waals surface area contributed by atoms with E-state index in [9.17, 15) is 13.2 Å². The Morgan fingerprint density at radius 2 is 1.81 bits per heavy atom. The van der Waals surface area contributed by atoms with Crippen LogP contribution in [-0.2, 0) is 10.9 Å². The van der Waals surface area contributed by atoms with Crippen molar-refractivity contribution in [3.63, 3.8) is 0 Å².